The number of carboxylic acid groups (broad SMARTS) is 1. The molecule has 0 radical (unpaired) electrons. The summed E-state index contributed by atoms with van der Waals surface area (Å²) in [6.07, 6.45) is 1.57. The average Bonchev–Trinajstić information content (AvgIpc) is 2.86. The van der Waals surface area contributed by atoms with E-state index in [1.807, 2.05) is 0 Å². The standard InChI is InChI=1S/C11H14N2O4/c1-6-4-9(13-17-6)12-10(14)7-2-3-8(5-7)11(15)16/h4,7-8H,2-3,5H2,1H3,(H,15,16)(H,12,13,14)/t7-,8+/m0/s1. The lowest BCUT2D eigenvalue weighted by atomic mass is 10.0. The van der Waals surface area contributed by atoms with E-state index in [0.29, 0.717) is 30.8 Å². The summed E-state index contributed by atoms with van der Waals surface area (Å²) in [5, 5.41) is 15.1. The predicted molar refractivity (Wildman–Crippen MR) is 58.3 cm³/mol. The van der Waals surface area contributed by atoms with Gasteiger partial charge in [-0.1, -0.05) is 5.16 Å². The number of anilines is 1. The molecule has 1 aliphatic rings. The fourth-order valence-corrected chi connectivity index (χ4v) is 2.10. The van der Waals surface area contributed by atoms with Crippen LogP contribution >= 0.6 is 0 Å². The van der Waals surface area contributed by atoms with Crippen molar-refractivity contribution >= 4 is 17.7 Å². The minimum Gasteiger partial charge on any atom is -0.481 e. The Morgan fingerprint density at radius 2 is 2.18 bits per heavy atom. The van der Waals surface area contributed by atoms with Crippen LogP contribution in [0.3, 0.4) is 0 Å². The Bertz CT molecular complexity index is 440. The van der Waals surface area contributed by atoms with Crippen molar-refractivity contribution in [1.82, 2.24) is 5.16 Å². The van der Waals surface area contributed by atoms with E-state index in [1.165, 1.54) is 0 Å². The molecule has 92 valence electrons. The normalized spacial score (nSPS) is 23.6. The highest BCUT2D eigenvalue weighted by Crippen LogP contribution is 2.31. The molecule has 0 spiro atoms. The van der Waals surface area contributed by atoms with Crippen LogP contribution in [0.2, 0.25) is 0 Å². The van der Waals surface area contributed by atoms with Gasteiger partial charge in [0.2, 0.25) is 5.91 Å². The number of aliphatic carboxylic acids is 1. The van der Waals surface area contributed by atoms with Crippen LogP contribution in [0.5, 0.6) is 0 Å². The van der Waals surface area contributed by atoms with Crippen LogP contribution in [0.4, 0.5) is 5.82 Å². The van der Waals surface area contributed by atoms with Crippen LogP contribution in [-0.2, 0) is 9.59 Å². The summed E-state index contributed by atoms with van der Waals surface area (Å²) in [7, 11) is 0. The van der Waals surface area contributed by atoms with E-state index in [-0.39, 0.29) is 11.8 Å². The molecule has 1 heterocycles. The van der Waals surface area contributed by atoms with E-state index in [0.717, 1.165) is 0 Å². The zero-order valence-electron chi connectivity index (χ0n) is 9.47. The maximum absolute atomic E-state index is 11.8. The summed E-state index contributed by atoms with van der Waals surface area (Å²) in [4.78, 5) is 22.6. The lowest BCUT2D eigenvalue weighted by molar-refractivity contribution is -0.141. The molecule has 6 nitrogen and oxygen atoms in total. The second kappa shape index (κ2) is 4.57. The van der Waals surface area contributed by atoms with Gasteiger partial charge < -0.3 is 14.9 Å². The highest BCUT2D eigenvalue weighted by atomic mass is 16.5. The van der Waals surface area contributed by atoms with E-state index in [1.54, 1.807) is 13.0 Å². The minimum absolute atomic E-state index is 0.179. The number of aryl methyl sites for hydroxylation is 1. The van der Waals surface area contributed by atoms with Crippen LogP contribution < -0.4 is 5.32 Å². The lowest BCUT2D eigenvalue weighted by Crippen LogP contribution is -2.21. The SMILES string of the molecule is Cc1cc(NC(=O)[C@H]2CC[C@@H](C(=O)O)C2)no1. The van der Waals surface area contributed by atoms with Crippen molar-refractivity contribution in [2.75, 3.05) is 5.32 Å². The van der Waals surface area contributed by atoms with Gasteiger partial charge in [-0.25, -0.2) is 0 Å². The number of hydrogen-bond acceptors (Lipinski definition) is 4. The molecule has 2 N–H and O–H groups in total. The molecule has 1 amide bonds. The Kier molecular flexibility index (Phi) is 3.12. The first-order chi connectivity index (χ1) is 8.06. The smallest absolute Gasteiger partial charge is 0.306 e. The van der Waals surface area contributed by atoms with E-state index in [4.69, 9.17) is 9.63 Å². The molecule has 6 heteroatoms. The van der Waals surface area contributed by atoms with Crippen molar-refractivity contribution in [2.24, 2.45) is 11.8 Å². The number of carboxylic acids is 1. The summed E-state index contributed by atoms with van der Waals surface area (Å²) in [6.45, 7) is 1.73. The number of rotatable bonds is 3. The summed E-state index contributed by atoms with van der Waals surface area (Å²) in [5.41, 5.74) is 0. The molecule has 0 unspecified atom stereocenters. The first-order valence-corrected chi connectivity index (χ1v) is 5.53. The van der Waals surface area contributed by atoms with Gasteiger partial charge in [0.05, 0.1) is 5.92 Å². The molecule has 1 fully saturated rings. The quantitative estimate of drug-likeness (QED) is 0.830. The van der Waals surface area contributed by atoms with Gasteiger partial charge in [0.1, 0.15) is 5.76 Å². The van der Waals surface area contributed by atoms with Crippen molar-refractivity contribution < 1.29 is 19.2 Å². The average molecular weight is 238 g/mol. The zero-order chi connectivity index (χ0) is 12.4. The van der Waals surface area contributed by atoms with Gasteiger partial charge in [0.15, 0.2) is 5.82 Å². The second-order valence-corrected chi connectivity index (χ2v) is 4.36. The molecular weight excluding hydrogens is 224 g/mol. The van der Waals surface area contributed by atoms with Gasteiger partial charge in [-0.15, -0.1) is 0 Å². The molecule has 17 heavy (non-hydrogen) atoms. The van der Waals surface area contributed by atoms with Gasteiger partial charge in [-0.3, -0.25) is 9.59 Å². The summed E-state index contributed by atoms with van der Waals surface area (Å²) >= 11 is 0. The van der Waals surface area contributed by atoms with Crippen molar-refractivity contribution in [3.05, 3.63) is 11.8 Å². The van der Waals surface area contributed by atoms with E-state index >= 15 is 0 Å². The molecule has 1 aromatic heterocycles. The number of hydrogen-bond donors (Lipinski definition) is 2. The number of nitrogens with zero attached hydrogens (tertiary/aromatic N) is 1. The number of aromatic nitrogens is 1. The fraction of sp³-hybridized carbons (Fsp3) is 0.545. The molecule has 2 rings (SSSR count). The Labute approximate surface area is 98.0 Å². The molecule has 1 aromatic rings. The Balaban J connectivity index is 1.91. The number of nitrogens with one attached hydrogen (secondary N) is 1. The highest BCUT2D eigenvalue weighted by Gasteiger charge is 2.34. The van der Waals surface area contributed by atoms with Crippen molar-refractivity contribution in [1.29, 1.82) is 0 Å². The maximum Gasteiger partial charge on any atom is 0.306 e. The minimum atomic E-state index is -0.822. The van der Waals surface area contributed by atoms with E-state index in [2.05, 4.69) is 10.5 Å². The third-order valence-electron chi connectivity index (χ3n) is 3.03. The van der Waals surface area contributed by atoms with Crippen LogP contribution in [0.1, 0.15) is 25.0 Å². The highest BCUT2D eigenvalue weighted by molar-refractivity contribution is 5.92. The second-order valence-electron chi connectivity index (χ2n) is 4.36. The summed E-state index contributed by atoms with van der Waals surface area (Å²) in [6, 6.07) is 1.63. The van der Waals surface area contributed by atoms with E-state index in [9.17, 15) is 9.59 Å². The van der Waals surface area contributed by atoms with Gasteiger partial charge in [-0.2, -0.15) is 0 Å². The lowest BCUT2D eigenvalue weighted by Gasteiger charge is -2.08. The molecule has 0 aromatic carbocycles. The Hall–Kier alpha value is -1.85. The number of amides is 1. The largest absolute Gasteiger partial charge is 0.481 e. The predicted octanol–water partition coefficient (Wildman–Crippen LogP) is 1.42. The number of carbonyl (C=O) groups is 2. The Morgan fingerprint density at radius 3 is 2.71 bits per heavy atom. The van der Waals surface area contributed by atoms with Gasteiger partial charge >= 0.3 is 5.97 Å². The molecule has 1 aliphatic carbocycles. The Morgan fingerprint density at radius 1 is 1.47 bits per heavy atom. The van der Waals surface area contributed by atoms with Crippen LogP contribution in [0, 0.1) is 18.8 Å². The van der Waals surface area contributed by atoms with Gasteiger partial charge in [0.25, 0.3) is 0 Å². The molecule has 0 bridgehead atoms. The molecule has 1 saturated carbocycles. The van der Waals surface area contributed by atoms with Gasteiger partial charge in [0, 0.05) is 12.0 Å². The molecule has 2 atom stereocenters. The fourth-order valence-electron chi connectivity index (χ4n) is 2.10. The van der Waals surface area contributed by atoms with Crippen LogP contribution in [-0.4, -0.2) is 22.1 Å². The molecule has 0 saturated heterocycles. The first-order valence-electron chi connectivity index (χ1n) is 5.53. The summed E-state index contributed by atoms with van der Waals surface area (Å²) in [5.74, 6) is -0.640. The summed E-state index contributed by atoms with van der Waals surface area (Å²) < 4.78 is 4.83. The van der Waals surface area contributed by atoms with Crippen molar-refractivity contribution in [3.8, 4) is 0 Å². The molecular formula is C11H14N2O4. The first kappa shape index (κ1) is 11.6. The van der Waals surface area contributed by atoms with Crippen molar-refractivity contribution in [3.63, 3.8) is 0 Å². The topological polar surface area (TPSA) is 92.4 Å². The zero-order valence-corrected chi connectivity index (χ0v) is 9.47. The third-order valence-corrected chi connectivity index (χ3v) is 3.03. The molecule has 0 aliphatic heterocycles. The van der Waals surface area contributed by atoms with Crippen LogP contribution in [0.15, 0.2) is 10.6 Å². The van der Waals surface area contributed by atoms with E-state index < -0.39 is 11.9 Å². The number of carbonyl (C=O) groups excluding carboxylic acids is 1. The third kappa shape index (κ3) is 2.64. The monoisotopic (exact) mass is 238 g/mol. The van der Waals surface area contributed by atoms with Crippen LogP contribution in [0.25, 0.3) is 0 Å². The maximum atomic E-state index is 11.8. The van der Waals surface area contributed by atoms with Crippen molar-refractivity contribution in [2.45, 2.75) is 26.2 Å². The van der Waals surface area contributed by atoms with Gasteiger partial charge in [-0.05, 0) is 26.2 Å².